The third-order valence-corrected chi connectivity index (χ3v) is 4.99. The zero-order chi connectivity index (χ0) is 21.0. The first-order valence-corrected chi connectivity index (χ1v) is 9.81. The molecule has 0 atom stereocenters. The number of thioether (sulfide) groups is 1. The van der Waals surface area contributed by atoms with E-state index in [-0.39, 0.29) is 40.6 Å². The van der Waals surface area contributed by atoms with Gasteiger partial charge in [0.1, 0.15) is 12.4 Å². The Morgan fingerprint density at radius 2 is 2.10 bits per heavy atom. The number of halogens is 4. The lowest BCUT2D eigenvalue weighted by Gasteiger charge is -2.09. The van der Waals surface area contributed by atoms with Gasteiger partial charge in [-0.05, 0) is 30.7 Å². The summed E-state index contributed by atoms with van der Waals surface area (Å²) >= 11 is 6.82. The Labute approximate surface area is 173 Å². The van der Waals surface area contributed by atoms with Crippen LogP contribution in [0.15, 0.2) is 41.7 Å². The predicted molar refractivity (Wildman–Crippen MR) is 103 cm³/mol. The molecule has 0 saturated carbocycles. The molecule has 0 unspecified atom stereocenters. The highest BCUT2D eigenvalue weighted by molar-refractivity contribution is 7.99. The Balaban J connectivity index is 1.53. The van der Waals surface area contributed by atoms with Crippen molar-refractivity contribution in [3.63, 3.8) is 0 Å². The number of fused-ring (bicyclic) bond motifs is 1. The highest BCUT2D eigenvalue weighted by Gasteiger charge is 2.32. The molecule has 0 spiro atoms. The van der Waals surface area contributed by atoms with Gasteiger partial charge in [0.15, 0.2) is 10.8 Å². The molecule has 0 bridgehead atoms. The topological polar surface area (TPSA) is 68.5 Å². The summed E-state index contributed by atoms with van der Waals surface area (Å²) in [4.78, 5) is 12.0. The standard InChI is InChI=1S/C18H16ClF3N4O2S/c1-11-3-2-4-13(7-11)28-6-5-23-15(27)10-29-17-25-24-16-14(19)8-12(9-26(16)17)18(20,21)22/h2-4,7-9H,5-6,10H2,1H3,(H,23,27). The number of aryl methyl sites for hydroxylation is 1. The molecule has 0 aliphatic carbocycles. The summed E-state index contributed by atoms with van der Waals surface area (Å²) in [5.41, 5.74) is 0.237. The molecule has 6 nitrogen and oxygen atoms in total. The Hall–Kier alpha value is -2.46. The summed E-state index contributed by atoms with van der Waals surface area (Å²) in [6.07, 6.45) is -3.70. The minimum Gasteiger partial charge on any atom is -0.492 e. The molecule has 11 heteroatoms. The number of nitrogens with zero attached hydrogens (tertiary/aromatic N) is 3. The average Bonchev–Trinajstić information content (AvgIpc) is 3.07. The monoisotopic (exact) mass is 444 g/mol. The van der Waals surface area contributed by atoms with Crippen molar-refractivity contribution in [2.24, 2.45) is 0 Å². The number of benzene rings is 1. The van der Waals surface area contributed by atoms with E-state index in [1.54, 1.807) is 0 Å². The summed E-state index contributed by atoms with van der Waals surface area (Å²) in [5, 5.41) is 10.2. The first-order valence-electron chi connectivity index (χ1n) is 8.44. The van der Waals surface area contributed by atoms with Crippen LogP contribution in [0.25, 0.3) is 5.65 Å². The zero-order valence-electron chi connectivity index (χ0n) is 15.2. The highest BCUT2D eigenvalue weighted by atomic mass is 35.5. The first kappa shape index (κ1) is 21.3. The second-order valence-electron chi connectivity index (χ2n) is 6.05. The number of aromatic nitrogens is 3. The number of alkyl halides is 3. The average molecular weight is 445 g/mol. The summed E-state index contributed by atoms with van der Waals surface area (Å²) in [6.45, 7) is 2.53. The lowest BCUT2D eigenvalue weighted by Crippen LogP contribution is -2.29. The number of ether oxygens (including phenoxy) is 1. The normalized spacial score (nSPS) is 11.6. The summed E-state index contributed by atoms with van der Waals surface area (Å²) < 4.78 is 45.6. The second kappa shape index (κ2) is 8.91. The molecule has 0 fully saturated rings. The first-order chi connectivity index (χ1) is 13.7. The minimum atomic E-state index is -4.56. The molecule has 1 aromatic carbocycles. The van der Waals surface area contributed by atoms with Crippen LogP contribution in [0.5, 0.6) is 5.75 Å². The molecular weight excluding hydrogens is 429 g/mol. The van der Waals surface area contributed by atoms with E-state index in [9.17, 15) is 18.0 Å². The van der Waals surface area contributed by atoms with Crippen molar-refractivity contribution in [3.05, 3.63) is 52.7 Å². The van der Waals surface area contributed by atoms with Gasteiger partial charge in [-0.2, -0.15) is 13.2 Å². The van der Waals surface area contributed by atoms with E-state index < -0.39 is 11.7 Å². The zero-order valence-corrected chi connectivity index (χ0v) is 16.7. The smallest absolute Gasteiger partial charge is 0.417 e. The fourth-order valence-corrected chi connectivity index (χ4v) is 3.42. The molecule has 29 heavy (non-hydrogen) atoms. The van der Waals surface area contributed by atoms with E-state index in [0.29, 0.717) is 5.75 Å². The summed E-state index contributed by atoms with van der Waals surface area (Å²) in [5.74, 6) is 0.359. The van der Waals surface area contributed by atoms with Gasteiger partial charge >= 0.3 is 6.18 Å². The molecule has 0 aliphatic heterocycles. The number of amides is 1. The van der Waals surface area contributed by atoms with Crippen molar-refractivity contribution in [2.75, 3.05) is 18.9 Å². The van der Waals surface area contributed by atoms with Crippen LogP contribution in [-0.4, -0.2) is 39.4 Å². The number of carbonyl (C=O) groups is 1. The van der Waals surface area contributed by atoms with E-state index in [4.69, 9.17) is 16.3 Å². The lowest BCUT2D eigenvalue weighted by molar-refractivity contribution is -0.137. The third kappa shape index (κ3) is 5.54. The number of pyridine rings is 1. The maximum absolute atomic E-state index is 13.0. The number of rotatable bonds is 7. The maximum Gasteiger partial charge on any atom is 0.417 e. The number of nitrogens with one attached hydrogen (secondary N) is 1. The van der Waals surface area contributed by atoms with Gasteiger partial charge in [-0.25, -0.2) is 0 Å². The molecule has 2 heterocycles. The van der Waals surface area contributed by atoms with E-state index in [1.165, 1.54) is 0 Å². The molecule has 154 valence electrons. The van der Waals surface area contributed by atoms with Crippen LogP contribution < -0.4 is 10.1 Å². The molecule has 0 aliphatic rings. The maximum atomic E-state index is 13.0. The second-order valence-corrected chi connectivity index (χ2v) is 7.40. The van der Waals surface area contributed by atoms with Gasteiger partial charge in [-0.1, -0.05) is 35.5 Å². The van der Waals surface area contributed by atoms with Gasteiger partial charge in [0, 0.05) is 6.20 Å². The predicted octanol–water partition coefficient (Wildman–Crippen LogP) is 4.00. The molecule has 3 aromatic rings. The third-order valence-electron chi connectivity index (χ3n) is 3.77. The van der Waals surface area contributed by atoms with E-state index in [1.807, 2.05) is 31.2 Å². The Kier molecular flexibility index (Phi) is 6.53. The van der Waals surface area contributed by atoms with Crippen LogP contribution in [-0.2, 0) is 11.0 Å². The quantitative estimate of drug-likeness (QED) is 0.440. The number of carbonyl (C=O) groups excluding carboxylic acids is 1. The highest BCUT2D eigenvalue weighted by Crippen LogP contribution is 2.33. The van der Waals surface area contributed by atoms with Gasteiger partial charge in [-0.15, -0.1) is 10.2 Å². The van der Waals surface area contributed by atoms with Crippen LogP contribution in [0.2, 0.25) is 5.02 Å². The van der Waals surface area contributed by atoms with Crippen molar-refractivity contribution >= 4 is 34.9 Å². The van der Waals surface area contributed by atoms with Crippen molar-refractivity contribution in [2.45, 2.75) is 18.3 Å². The van der Waals surface area contributed by atoms with E-state index >= 15 is 0 Å². The number of hydrogen-bond acceptors (Lipinski definition) is 5. The van der Waals surface area contributed by atoms with Crippen molar-refractivity contribution < 1.29 is 22.7 Å². The molecule has 1 N–H and O–H groups in total. The van der Waals surface area contributed by atoms with Crippen LogP contribution in [0.4, 0.5) is 13.2 Å². The van der Waals surface area contributed by atoms with E-state index in [0.717, 1.165) is 34.0 Å². The largest absolute Gasteiger partial charge is 0.492 e. The molecule has 2 aromatic heterocycles. The van der Waals surface area contributed by atoms with Gasteiger partial charge < -0.3 is 10.1 Å². The minimum absolute atomic E-state index is 0.0426. The van der Waals surface area contributed by atoms with Crippen LogP contribution in [0.1, 0.15) is 11.1 Å². The van der Waals surface area contributed by atoms with Crippen molar-refractivity contribution in [3.8, 4) is 5.75 Å². The molecule has 1 amide bonds. The van der Waals surface area contributed by atoms with Crippen LogP contribution >= 0.6 is 23.4 Å². The van der Waals surface area contributed by atoms with Crippen molar-refractivity contribution in [1.82, 2.24) is 19.9 Å². The fraction of sp³-hybridized carbons (Fsp3) is 0.278. The Morgan fingerprint density at radius 3 is 2.83 bits per heavy atom. The van der Waals surface area contributed by atoms with E-state index in [2.05, 4.69) is 15.5 Å². The summed E-state index contributed by atoms with van der Waals surface area (Å²) in [6, 6.07) is 8.32. The van der Waals surface area contributed by atoms with Crippen LogP contribution in [0, 0.1) is 6.92 Å². The van der Waals surface area contributed by atoms with Gasteiger partial charge in [0.05, 0.1) is 22.9 Å². The lowest BCUT2D eigenvalue weighted by atomic mass is 10.2. The SMILES string of the molecule is Cc1cccc(OCCNC(=O)CSc2nnc3c(Cl)cc(C(F)(F)F)cn23)c1. The fourth-order valence-electron chi connectivity index (χ4n) is 2.43. The molecule has 3 rings (SSSR count). The van der Waals surface area contributed by atoms with Gasteiger partial charge in [0.2, 0.25) is 5.91 Å². The molecule has 0 saturated heterocycles. The van der Waals surface area contributed by atoms with Gasteiger partial charge in [0.25, 0.3) is 0 Å². The number of hydrogen-bond donors (Lipinski definition) is 1. The van der Waals surface area contributed by atoms with Crippen LogP contribution in [0.3, 0.4) is 0 Å². The van der Waals surface area contributed by atoms with Crippen molar-refractivity contribution in [1.29, 1.82) is 0 Å². The Morgan fingerprint density at radius 1 is 1.31 bits per heavy atom. The molecular formula is C18H16ClF3N4O2S. The van der Waals surface area contributed by atoms with Gasteiger partial charge in [-0.3, -0.25) is 9.20 Å². The summed E-state index contributed by atoms with van der Waals surface area (Å²) in [7, 11) is 0. The molecule has 0 radical (unpaired) electrons. The Bertz CT molecular complexity index is 1030.